The Morgan fingerprint density at radius 2 is 2.00 bits per heavy atom. The second-order valence-corrected chi connectivity index (χ2v) is 6.95. The number of nitrogens with zero attached hydrogens (tertiary/aromatic N) is 1. The van der Waals surface area contributed by atoms with E-state index in [1.165, 1.54) is 30.5 Å². The molecule has 1 fully saturated rings. The standard InChI is InChI=1S/C17H27ClN2/c1-12(2)9-13(3)20(4)17-10-15(18)6-5-14(17)11-19-16-7-8-16/h5-6,10,12-13,16,19H,7-9,11H2,1-4H3. The van der Waals surface area contributed by atoms with Gasteiger partial charge in [-0.25, -0.2) is 0 Å². The van der Waals surface area contributed by atoms with E-state index in [0.29, 0.717) is 12.0 Å². The first-order valence-electron chi connectivity index (χ1n) is 7.72. The van der Waals surface area contributed by atoms with Crippen molar-refractivity contribution in [2.75, 3.05) is 11.9 Å². The number of rotatable bonds is 7. The van der Waals surface area contributed by atoms with E-state index < -0.39 is 0 Å². The Labute approximate surface area is 128 Å². The topological polar surface area (TPSA) is 15.3 Å². The van der Waals surface area contributed by atoms with Crippen molar-refractivity contribution in [3.63, 3.8) is 0 Å². The van der Waals surface area contributed by atoms with Crippen molar-refractivity contribution in [3.8, 4) is 0 Å². The minimum absolute atomic E-state index is 0.521. The Kier molecular flexibility index (Phi) is 5.34. The van der Waals surface area contributed by atoms with Crippen LogP contribution in [0.4, 0.5) is 5.69 Å². The van der Waals surface area contributed by atoms with Crippen LogP contribution in [0.2, 0.25) is 5.02 Å². The highest BCUT2D eigenvalue weighted by Crippen LogP contribution is 2.28. The Morgan fingerprint density at radius 3 is 2.60 bits per heavy atom. The fraction of sp³-hybridized carbons (Fsp3) is 0.647. The molecule has 1 N–H and O–H groups in total. The van der Waals surface area contributed by atoms with Gasteiger partial charge in [-0.2, -0.15) is 0 Å². The normalized spacial score (nSPS) is 16.5. The first-order valence-corrected chi connectivity index (χ1v) is 8.09. The van der Waals surface area contributed by atoms with Crippen molar-refractivity contribution in [2.45, 2.75) is 58.7 Å². The number of hydrogen-bond donors (Lipinski definition) is 1. The van der Waals surface area contributed by atoms with Crippen LogP contribution in [0.1, 0.15) is 45.6 Å². The van der Waals surface area contributed by atoms with Crippen LogP contribution < -0.4 is 10.2 Å². The highest BCUT2D eigenvalue weighted by molar-refractivity contribution is 6.30. The summed E-state index contributed by atoms with van der Waals surface area (Å²) >= 11 is 6.20. The molecule has 1 aliphatic carbocycles. The highest BCUT2D eigenvalue weighted by atomic mass is 35.5. The zero-order valence-electron chi connectivity index (χ0n) is 13.1. The Balaban J connectivity index is 2.11. The third-order valence-electron chi connectivity index (χ3n) is 4.06. The molecule has 0 radical (unpaired) electrons. The molecule has 1 aromatic carbocycles. The summed E-state index contributed by atoms with van der Waals surface area (Å²) in [4.78, 5) is 2.37. The van der Waals surface area contributed by atoms with Gasteiger partial charge in [-0.15, -0.1) is 0 Å². The smallest absolute Gasteiger partial charge is 0.0426 e. The van der Waals surface area contributed by atoms with Gasteiger partial charge < -0.3 is 10.2 Å². The van der Waals surface area contributed by atoms with Gasteiger partial charge in [0.2, 0.25) is 0 Å². The van der Waals surface area contributed by atoms with Gasteiger partial charge in [0.25, 0.3) is 0 Å². The maximum absolute atomic E-state index is 6.20. The zero-order valence-corrected chi connectivity index (χ0v) is 13.9. The maximum atomic E-state index is 6.20. The molecule has 2 rings (SSSR count). The largest absolute Gasteiger partial charge is 0.372 e. The number of hydrogen-bond acceptors (Lipinski definition) is 2. The average molecular weight is 295 g/mol. The van der Waals surface area contributed by atoms with Crippen LogP contribution in [0.25, 0.3) is 0 Å². The van der Waals surface area contributed by atoms with Crippen LogP contribution in [-0.2, 0) is 6.54 Å². The van der Waals surface area contributed by atoms with Gasteiger partial charge in [-0.3, -0.25) is 0 Å². The first-order chi connectivity index (χ1) is 9.47. The molecule has 20 heavy (non-hydrogen) atoms. The molecule has 0 heterocycles. The number of nitrogens with one attached hydrogen (secondary N) is 1. The molecule has 1 aromatic rings. The quantitative estimate of drug-likeness (QED) is 0.798. The lowest BCUT2D eigenvalue weighted by Crippen LogP contribution is -2.31. The molecule has 3 heteroatoms. The van der Waals surface area contributed by atoms with E-state index in [1.807, 2.05) is 6.07 Å². The molecule has 0 amide bonds. The molecule has 0 saturated heterocycles. The predicted octanol–water partition coefficient (Wildman–Crippen LogP) is 4.46. The van der Waals surface area contributed by atoms with Crippen molar-refractivity contribution in [1.29, 1.82) is 0 Å². The van der Waals surface area contributed by atoms with Crippen LogP contribution in [0, 0.1) is 5.92 Å². The Hall–Kier alpha value is -0.730. The monoisotopic (exact) mass is 294 g/mol. The van der Waals surface area contributed by atoms with E-state index in [0.717, 1.165) is 17.6 Å². The van der Waals surface area contributed by atoms with Crippen molar-refractivity contribution >= 4 is 17.3 Å². The van der Waals surface area contributed by atoms with Gasteiger partial charge in [0, 0.05) is 36.4 Å². The van der Waals surface area contributed by atoms with Gasteiger partial charge in [-0.1, -0.05) is 31.5 Å². The van der Waals surface area contributed by atoms with Crippen LogP contribution in [-0.4, -0.2) is 19.1 Å². The summed E-state index contributed by atoms with van der Waals surface area (Å²) in [6.07, 6.45) is 3.84. The van der Waals surface area contributed by atoms with Gasteiger partial charge in [0.05, 0.1) is 0 Å². The molecule has 0 bridgehead atoms. The molecule has 1 saturated carbocycles. The second kappa shape index (κ2) is 6.82. The van der Waals surface area contributed by atoms with Crippen molar-refractivity contribution in [1.82, 2.24) is 5.32 Å². The zero-order chi connectivity index (χ0) is 14.7. The molecule has 0 spiro atoms. The lowest BCUT2D eigenvalue weighted by atomic mass is 10.0. The second-order valence-electron chi connectivity index (χ2n) is 6.52. The van der Waals surface area contributed by atoms with Crippen molar-refractivity contribution < 1.29 is 0 Å². The van der Waals surface area contributed by atoms with Crippen LogP contribution >= 0.6 is 11.6 Å². The third kappa shape index (κ3) is 4.39. The Morgan fingerprint density at radius 1 is 1.30 bits per heavy atom. The maximum Gasteiger partial charge on any atom is 0.0426 e. The molecule has 0 aliphatic heterocycles. The van der Waals surface area contributed by atoms with E-state index >= 15 is 0 Å². The van der Waals surface area contributed by atoms with Crippen LogP contribution in [0.15, 0.2) is 18.2 Å². The van der Waals surface area contributed by atoms with E-state index in [2.05, 4.69) is 50.2 Å². The predicted molar refractivity (Wildman–Crippen MR) is 88.6 cm³/mol. The third-order valence-corrected chi connectivity index (χ3v) is 4.29. The summed E-state index contributed by atoms with van der Waals surface area (Å²) in [5.41, 5.74) is 2.61. The minimum Gasteiger partial charge on any atom is -0.372 e. The van der Waals surface area contributed by atoms with Gasteiger partial charge >= 0.3 is 0 Å². The SMILES string of the molecule is CC(C)CC(C)N(C)c1cc(Cl)ccc1CNC1CC1. The molecule has 1 aliphatic rings. The van der Waals surface area contributed by atoms with E-state index in [4.69, 9.17) is 11.6 Å². The molecule has 1 atom stereocenters. The summed E-state index contributed by atoms with van der Waals surface area (Å²) in [6, 6.07) is 7.51. The number of halogens is 1. The van der Waals surface area contributed by atoms with E-state index in [1.54, 1.807) is 0 Å². The molecule has 1 unspecified atom stereocenters. The van der Waals surface area contributed by atoms with Gasteiger partial charge in [0.15, 0.2) is 0 Å². The molecule has 2 nitrogen and oxygen atoms in total. The lowest BCUT2D eigenvalue weighted by Gasteiger charge is -2.30. The number of benzene rings is 1. The lowest BCUT2D eigenvalue weighted by molar-refractivity contribution is 0.503. The Bertz CT molecular complexity index is 441. The molecule has 112 valence electrons. The summed E-state index contributed by atoms with van der Waals surface area (Å²) < 4.78 is 0. The van der Waals surface area contributed by atoms with E-state index in [9.17, 15) is 0 Å². The molecular formula is C17H27ClN2. The summed E-state index contributed by atoms with van der Waals surface area (Å²) in [6.45, 7) is 7.78. The van der Waals surface area contributed by atoms with Crippen molar-refractivity contribution in [2.24, 2.45) is 5.92 Å². The van der Waals surface area contributed by atoms with Gasteiger partial charge in [0.1, 0.15) is 0 Å². The van der Waals surface area contributed by atoms with Crippen LogP contribution in [0.5, 0.6) is 0 Å². The molecular weight excluding hydrogens is 268 g/mol. The van der Waals surface area contributed by atoms with E-state index in [-0.39, 0.29) is 0 Å². The summed E-state index contributed by atoms with van der Waals surface area (Å²) in [5, 5.41) is 4.42. The van der Waals surface area contributed by atoms with Crippen molar-refractivity contribution in [3.05, 3.63) is 28.8 Å². The molecule has 0 aromatic heterocycles. The number of anilines is 1. The summed E-state index contributed by atoms with van der Waals surface area (Å²) in [7, 11) is 2.18. The summed E-state index contributed by atoms with van der Waals surface area (Å²) in [5.74, 6) is 0.708. The van der Waals surface area contributed by atoms with Gasteiger partial charge in [-0.05, 0) is 49.8 Å². The highest BCUT2D eigenvalue weighted by Gasteiger charge is 2.21. The fourth-order valence-corrected chi connectivity index (χ4v) is 2.80. The fourth-order valence-electron chi connectivity index (χ4n) is 2.63. The average Bonchev–Trinajstić information content (AvgIpc) is 3.19. The minimum atomic E-state index is 0.521. The first kappa shape index (κ1) is 15.7. The van der Waals surface area contributed by atoms with Crippen LogP contribution in [0.3, 0.4) is 0 Å².